The maximum atomic E-state index is 11.3. The molecule has 0 aromatic heterocycles. The first-order chi connectivity index (χ1) is 8.59. The number of ether oxygens (including phenoxy) is 1. The molecule has 1 amide bonds. The summed E-state index contributed by atoms with van der Waals surface area (Å²) < 4.78 is 5.29. The van der Waals surface area contributed by atoms with Crippen molar-refractivity contribution in [3.8, 4) is 5.75 Å². The summed E-state index contributed by atoms with van der Waals surface area (Å²) in [5, 5.41) is 19.6. The van der Waals surface area contributed by atoms with Gasteiger partial charge in [0, 0.05) is 0 Å². The number of aliphatic carboxylic acids is 1. The van der Waals surface area contributed by atoms with Gasteiger partial charge in [0.15, 0.2) is 6.10 Å². The molecule has 98 valence electrons. The Bertz CT molecular complexity index is 393. The Morgan fingerprint density at radius 1 is 1.28 bits per heavy atom. The number of benzene rings is 1. The van der Waals surface area contributed by atoms with Crippen molar-refractivity contribution in [1.82, 2.24) is 5.32 Å². The van der Waals surface area contributed by atoms with E-state index in [1.54, 1.807) is 12.1 Å². The van der Waals surface area contributed by atoms with Gasteiger partial charge < -0.3 is 20.3 Å². The quantitative estimate of drug-likeness (QED) is 0.636. The molecule has 0 aliphatic carbocycles. The van der Waals surface area contributed by atoms with Gasteiger partial charge in [-0.2, -0.15) is 0 Å². The van der Waals surface area contributed by atoms with Crippen LogP contribution in [-0.4, -0.2) is 41.3 Å². The fourth-order valence-corrected chi connectivity index (χ4v) is 1.16. The number of hydrogen-bond acceptors (Lipinski definition) is 4. The molecule has 1 aromatic carbocycles. The molecule has 0 radical (unpaired) electrons. The van der Waals surface area contributed by atoms with Crippen LogP contribution in [0.5, 0.6) is 5.75 Å². The zero-order valence-electron chi connectivity index (χ0n) is 9.70. The maximum absolute atomic E-state index is 11.3. The number of amides is 1. The molecule has 3 N–H and O–H groups in total. The van der Waals surface area contributed by atoms with Gasteiger partial charge in [0.05, 0.1) is 19.6 Å². The molecule has 0 bridgehead atoms. The predicted octanol–water partition coefficient (Wildman–Crippen LogP) is 0.0172. The first-order valence-corrected chi connectivity index (χ1v) is 5.45. The summed E-state index contributed by atoms with van der Waals surface area (Å²) >= 11 is 0. The molecule has 0 spiro atoms. The Balaban J connectivity index is 2.16. The Kier molecular flexibility index (Phi) is 5.66. The van der Waals surface area contributed by atoms with Crippen molar-refractivity contribution in [3.05, 3.63) is 30.3 Å². The van der Waals surface area contributed by atoms with E-state index in [2.05, 4.69) is 5.32 Å². The van der Waals surface area contributed by atoms with Crippen LogP contribution in [0.25, 0.3) is 0 Å². The fourth-order valence-electron chi connectivity index (χ4n) is 1.16. The van der Waals surface area contributed by atoms with Crippen molar-refractivity contribution in [1.29, 1.82) is 0 Å². The first kappa shape index (κ1) is 14.0. The van der Waals surface area contributed by atoms with Crippen LogP contribution in [0.15, 0.2) is 30.3 Å². The Morgan fingerprint density at radius 2 is 1.94 bits per heavy atom. The smallest absolute Gasteiger partial charge is 0.334 e. The monoisotopic (exact) mass is 253 g/mol. The number of carboxylic acid groups (broad SMARTS) is 1. The van der Waals surface area contributed by atoms with Gasteiger partial charge in [0.25, 0.3) is 0 Å². The highest BCUT2D eigenvalue weighted by molar-refractivity contribution is 5.78. The van der Waals surface area contributed by atoms with Crippen LogP contribution in [0.1, 0.15) is 6.42 Å². The maximum Gasteiger partial charge on any atom is 0.334 e. The highest BCUT2D eigenvalue weighted by Gasteiger charge is 2.13. The van der Waals surface area contributed by atoms with E-state index in [1.165, 1.54) is 0 Å². The van der Waals surface area contributed by atoms with E-state index in [1.807, 2.05) is 18.2 Å². The van der Waals surface area contributed by atoms with Gasteiger partial charge in [-0.25, -0.2) is 4.79 Å². The molecular weight excluding hydrogens is 238 g/mol. The number of aliphatic hydroxyl groups is 1. The largest absolute Gasteiger partial charge is 0.493 e. The molecule has 1 rings (SSSR count). The zero-order valence-corrected chi connectivity index (χ0v) is 9.70. The van der Waals surface area contributed by atoms with Crippen molar-refractivity contribution < 1.29 is 24.5 Å². The Hall–Kier alpha value is -2.08. The number of carbonyl (C=O) groups is 2. The standard InChI is InChI=1S/C12H15NO5/c14-10(12(16)17)8-13-11(15)6-7-18-9-4-2-1-3-5-9/h1-5,10,14H,6-8H2,(H,13,15)(H,16,17)/t10-/m0/s1. The third-order valence-electron chi connectivity index (χ3n) is 2.12. The summed E-state index contributed by atoms with van der Waals surface area (Å²) in [4.78, 5) is 21.6. The summed E-state index contributed by atoms with van der Waals surface area (Å²) in [5.41, 5.74) is 0. The lowest BCUT2D eigenvalue weighted by Crippen LogP contribution is -2.36. The van der Waals surface area contributed by atoms with Gasteiger partial charge >= 0.3 is 5.97 Å². The highest BCUT2D eigenvalue weighted by Crippen LogP contribution is 2.08. The molecule has 0 aliphatic heterocycles. The number of aliphatic hydroxyl groups excluding tert-OH is 1. The number of para-hydroxylation sites is 1. The van der Waals surface area contributed by atoms with Gasteiger partial charge in [-0.05, 0) is 12.1 Å². The van der Waals surface area contributed by atoms with Crippen LogP contribution in [0.2, 0.25) is 0 Å². The molecule has 6 heteroatoms. The van der Waals surface area contributed by atoms with Gasteiger partial charge in [-0.1, -0.05) is 18.2 Å². The molecule has 6 nitrogen and oxygen atoms in total. The Labute approximate surface area is 104 Å². The molecule has 0 saturated heterocycles. The van der Waals surface area contributed by atoms with E-state index in [9.17, 15) is 9.59 Å². The number of carbonyl (C=O) groups excluding carboxylic acids is 1. The molecule has 1 aromatic rings. The minimum absolute atomic E-state index is 0.0984. The molecule has 0 fully saturated rings. The number of nitrogens with one attached hydrogen (secondary N) is 1. The average Bonchev–Trinajstić information content (AvgIpc) is 2.37. The zero-order chi connectivity index (χ0) is 13.4. The van der Waals surface area contributed by atoms with Crippen LogP contribution in [0, 0.1) is 0 Å². The van der Waals surface area contributed by atoms with Gasteiger partial charge in [-0.3, -0.25) is 4.79 Å². The SMILES string of the molecule is O=C(CCOc1ccccc1)NC[C@H](O)C(=O)O. The van der Waals surface area contributed by atoms with E-state index in [-0.39, 0.29) is 25.5 Å². The molecule has 0 unspecified atom stereocenters. The molecule has 1 atom stereocenters. The first-order valence-electron chi connectivity index (χ1n) is 5.45. The number of carboxylic acids is 1. The third-order valence-corrected chi connectivity index (χ3v) is 2.12. The van der Waals surface area contributed by atoms with Crippen LogP contribution in [0.4, 0.5) is 0 Å². The van der Waals surface area contributed by atoms with Crippen molar-refractivity contribution in [2.75, 3.05) is 13.2 Å². The molecular formula is C12H15NO5. The van der Waals surface area contributed by atoms with E-state index in [0.29, 0.717) is 5.75 Å². The second kappa shape index (κ2) is 7.29. The lowest BCUT2D eigenvalue weighted by Gasteiger charge is -2.08. The van der Waals surface area contributed by atoms with Crippen LogP contribution in [0.3, 0.4) is 0 Å². The van der Waals surface area contributed by atoms with Crippen LogP contribution in [-0.2, 0) is 9.59 Å². The molecule has 0 heterocycles. The van der Waals surface area contributed by atoms with E-state index >= 15 is 0 Å². The number of rotatable bonds is 7. The molecule has 18 heavy (non-hydrogen) atoms. The lowest BCUT2D eigenvalue weighted by molar-refractivity contribution is -0.146. The van der Waals surface area contributed by atoms with E-state index < -0.39 is 12.1 Å². The van der Waals surface area contributed by atoms with Gasteiger partial charge in [-0.15, -0.1) is 0 Å². The van der Waals surface area contributed by atoms with Crippen molar-refractivity contribution in [3.63, 3.8) is 0 Å². The van der Waals surface area contributed by atoms with Crippen LogP contribution < -0.4 is 10.1 Å². The topological polar surface area (TPSA) is 95.9 Å². The number of hydrogen-bond donors (Lipinski definition) is 3. The van der Waals surface area contributed by atoms with Gasteiger partial charge in [0.1, 0.15) is 5.75 Å². The fraction of sp³-hybridized carbons (Fsp3) is 0.333. The van der Waals surface area contributed by atoms with Crippen molar-refractivity contribution >= 4 is 11.9 Å². The normalized spacial score (nSPS) is 11.6. The summed E-state index contributed by atoms with van der Waals surface area (Å²) in [6.45, 7) is -0.113. The third kappa shape index (κ3) is 5.31. The minimum atomic E-state index is -1.58. The summed E-state index contributed by atoms with van der Waals surface area (Å²) in [7, 11) is 0. The summed E-state index contributed by atoms with van der Waals surface area (Å²) in [6.07, 6.45) is -1.48. The molecule has 0 aliphatic rings. The average molecular weight is 253 g/mol. The second-order valence-corrected chi connectivity index (χ2v) is 3.57. The predicted molar refractivity (Wildman–Crippen MR) is 63.2 cm³/mol. The Morgan fingerprint density at radius 3 is 2.56 bits per heavy atom. The van der Waals surface area contributed by atoms with Crippen molar-refractivity contribution in [2.24, 2.45) is 0 Å². The summed E-state index contributed by atoms with van der Waals surface area (Å²) in [5.74, 6) is -1.07. The van der Waals surface area contributed by atoms with Crippen LogP contribution >= 0.6 is 0 Å². The molecule has 0 saturated carbocycles. The second-order valence-electron chi connectivity index (χ2n) is 3.57. The van der Waals surface area contributed by atoms with Crippen molar-refractivity contribution in [2.45, 2.75) is 12.5 Å². The lowest BCUT2D eigenvalue weighted by atomic mass is 10.3. The highest BCUT2D eigenvalue weighted by atomic mass is 16.5. The van der Waals surface area contributed by atoms with Gasteiger partial charge in [0.2, 0.25) is 5.91 Å². The van der Waals surface area contributed by atoms with E-state index in [4.69, 9.17) is 14.9 Å². The summed E-state index contributed by atoms with van der Waals surface area (Å²) in [6, 6.07) is 9.03. The van der Waals surface area contributed by atoms with E-state index in [0.717, 1.165) is 0 Å². The minimum Gasteiger partial charge on any atom is -0.493 e.